The van der Waals surface area contributed by atoms with E-state index < -0.39 is 12.0 Å². The van der Waals surface area contributed by atoms with Gasteiger partial charge >= 0.3 is 5.97 Å². The molecule has 13 heavy (non-hydrogen) atoms. The highest BCUT2D eigenvalue weighted by Gasteiger charge is 2.37. The SMILES string of the molecule is COC(=O)[C@@H]1CC(=O)CN1C(C)=O. The van der Waals surface area contributed by atoms with Gasteiger partial charge in [-0.25, -0.2) is 4.79 Å². The van der Waals surface area contributed by atoms with Crippen LogP contribution in [-0.4, -0.2) is 42.3 Å². The van der Waals surface area contributed by atoms with Crippen LogP contribution in [0.5, 0.6) is 0 Å². The fraction of sp³-hybridized carbons (Fsp3) is 0.625. The Balaban J connectivity index is 2.77. The van der Waals surface area contributed by atoms with Crippen molar-refractivity contribution in [3.63, 3.8) is 0 Å². The second-order valence-electron chi connectivity index (χ2n) is 2.93. The Morgan fingerprint density at radius 3 is 2.62 bits per heavy atom. The van der Waals surface area contributed by atoms with E-state index in [9.17, 15) is 14.4 Å². The van der Waals surface area contributed by atoms with Gasteiger partial charge in [0.15, 0.2) is 5.78 Å². The fourth-order valence-electron chi connectivity index (χ4n) is 1.37. The number of carbonyl (C=O) groups is 3. The lowest BCUT2D eigenvalue weighted by molar-refractivity contribution is -0.150. The molecule has 0 aliphatic carbocycles. The number of hydrogen-bond acceptors (Lipinski definition) is 4. The summed E-state index contributed by atoms with van der Waals surface area (Å²) in [5.74, 6) is -0.909. The lowest BCUT2D eigenvalue weighted by Crippen LogP contribution is -2.39. The standard InChI is InChI=1S/C8H11NO4/c1-5(10)9-4-6(11)3-7(9)8(12)13-2/h7H,3-4H2,1-2H3/t7-/m0/s1. The normalized spacial score (nSPS) is 21.8. The molecule has 5 heteroatoms. The molecule has 1 fully saturated rings. The van der Waals surface area contributed by atoms with Crippen LogP contribution in [-0.2, 0) is 19.1 Å². The Kier molecular flexibility index (Phi) is 2.65. The maximum absolute atomic E-state index is 11.1. The van der Waals surface area contributed by atoms with Gasteiger partial charge in [0.05, 0.1) is 13.7 Å². The molecule has 1 atom stereocenters. The quantitative estimate of drug-likeness (QED) is 0.509. The molecule has 0 bridgehead atoms. The molecule has 0 aromatic heterocycles. The Morgan fingerprint density at radius 2 is 2.15 bits per heavy atom. The number of carbonyl (C=O) groups excluding carboxylic acids is 3. The zero-order chi connectivity index (χ0) is 10.0. The van der Waals surface area contributed by atoms with Crippen LogP contribution in [0.2, 0.25) is 0 Å². The topological polar surface area (TPSA) is 63.7 Å². The van der Waals surface area contributed by atoms with E-state index in [1.807, 2.05) is 0 Å². The van der Waals surface area contributed by atoms with E-state index in [0.717, 1.165) is 0 Å². The number of esters is 1. The summed E-state index contributed by atoms with van der Waals surface area (Å²) in [6.45, 7) is 1.35. The Hall–Kier alpha value is -1.39. The minimum atomic E-state index is -0.713. The second-order valence-corrected chi connectivity index (χ2v) is 2.93. The summed E-state index contributed by atoms with van der Waals surface area (Å²) in [5, 5.41) is 0. The van der Waals surface area contributed by atoms with Gasteiger partial charge in [0.1, 0.15) is 6.04 Å². The number of likely N-dealkylation sites (tertiary alicyclic amines) is 1. The minimum absolute atomic E-state index is 0.0229. The molecule has 0 spiro atoms. The highest BCUT2D eigenvalue weighted by molar-refractivity contribution is 5.96. The first-order valence-electron chi connectivity index (χ1n) is 3.93. The van der Waals surface area contributed by atoms with Crippen molar-refractivity contribution in [2.75, 3.05) is 13.7 Å². The monoisotopic (exact) mass is 185 g/mol. The highest BCUT2D eigenvalue weighted by Crippen LogP contribution is 2.15. The van der Waals surface area contributed by atoms with Gasteiger partial charge in [-0.05, 0) is 0 Å². The van der Waals surface area contributed by atoms with Gasteiger partial charge in [-0.1, -0.05) is 0 Å². The fourth-order valence-corrected chi connectivity index (χ4v) is 1.37. The smallest absolute Gasteiger partial charge is 0.329 e. The summed E-state index contributed by atoms with van der Waals surface area (Å²) in [6, 6.07) is -0.713. The molecule has 5 nitrogen and oxygen atoms in total. The van der Waals surface area contributed by atoms with Crippen LogP contribution in [0.15, 0.2) is 0 Å². The van der Waals surface area contributed by atoms with Crippen molar-refractivity contribution >= 4 is 17.7 Å². The molecule has 72 valence electrons. The van der Waals surface area contributed by atoms with E-state index >= 15 is 0 Å². The first-order chi connectivity index (χ1) is 6.06. The number of nitrogens with zero attached hydrogens (tertiary/aromatic N) is 1. The van der Waals surface area contributed by atoms with Crippen molar-refractivity contribution in [2.45, 2.75) is 19.4 Å². The van der Waals surface area contributed by atoms with E-state index in [-0.39, 0.29) is 24.7 Å². The van der Waals surface area contributed by atoms with Crippen LogP contribution >= 0.6 is 0 Å². The molecule has 0 radical (unpaired) electrons. The molecule has 1 rings (SSSR count). The Labute approximate surface area is 75.6 Å². The third-order valence-corrected chi connectivity index (χ3v) is 2.02. The second kappa shape index (κ2) is 3.55. The average Bonchev–Trinajstić information content (AvgIpc) is 2.46. The van der Waals surface area contributed by atoms with Gasteiger partial charge in [-0.3, -0.25) is 9.59 Å². The maximum atomic E-state index is 11.1. The number of hydrogen-bond donors (Lipinski definition) is 0. The minimum Gasteiger partial charge on any atom is -0.467 e. The Bertz CT molecular complexity index is 261. The third-order valence-electron chi connectivity index (χ3n) is 2.02. The van der Waals surface area contributed by atoms with E-state index in [1.54, 1.807) is 0 Å². The van der Waals surface area contributed by atoms with Gasteiger partial charge in [-0.2, -0.15) is 0 Å². The van der Waals surface area contributed by atoms with Crippen molar-refractivity contribution in [2.24, 2.45) is 0 Å². The van der Waals surface area contributed by atoms with E-state index in [0.29, 0.717) is 0 Å². The van der Waals surface area contributed by atoms with Gasteiger partial charge in [0, 0.05) is 13.3 Å². The summed E-state index contributed by atoms with van der Waals surface area (Å²) < 4.78 is 4.48. The zero-order valence-corrected chi connectivity index (χ0v) is 7.57. The maximum Gasteiger partial charge on any atom is 0.329 e. The molecule has 0 aromatic carbocycles. The highest BCUT2D eigenvalue weighted by atomic mass is 16.5. The third kappa shape index (κ3) is 1.85. The molecule has 0 N–H and O–H groups in total. The Morgan fingerprint density at radius 1 is 1.54 bits per heavy atom. The van der Waals surface area contributed by atoms with Crippen LogP contribution < -0.4 is 0 Å². The van der Waals surface area contributed by atoms with Crippen LogP contribution in [0.3, 0.4) is 0 Å². The summed E-state index contributed by atoms with van der Waals surface area (Å²) in [6.07, 6.45) is 0.0756. The molecule has 1 amide bonds. The van der Waals surface area contributed by atoms with Gasteiger partial charge in [-0.15, -0.1) is 0 Å². The van der Waals surface area contributed by atoms with Crippen LogP contribution in [0.1, 0.15) is 13.3 Å². The van der Waals surface area contributed by atoms with Crippen molar-refractivity contribution in [3.05, 3.63) is 0 Å². The average molecular weight is 185 g/mol. The zero-order valence-electron chi connectivity index (χ0n) is 7.57. The molecular formula is C8H11NO4. The summed E-state index contributed by atoms with van der Waals surface area (Å²) in [4.78, 5) is 34.3. The summed E-state index contributed by atoms with van der Waals surface area (Å²) in [5.41, 5.74) is 0. The summed E-state index contributed by atoms with van der Waals surface area (Å²) >= 11 is 0. The van der Waals surface area contributed by atoms with E-state index in [2.05, 4.69) is 4.74 Å². The van der Waals surface area contributed by atoms with Crippen molar-refractivity contribution < 1.29 is 19.1 Å². The molecule has 1 saturated heterocycles. The van der Waals surface area contributed by atoms with Crippen LogP contribution in [0.4, 0.5) is 0 Å². The van der Waals surface area contributed by atoms with E-state index in [1.165, 1.54) is 18.9 Å². The number of amides is 1. The van der Waals surface area contributed by atoms with Crippen molar-refractivity contribution in [1.82, 2.24) is 4.90 Å². The molecular weight excluding hydrogens is 174 g/mol. The lowest BCUT2D eigenvalue weighted by Gasteiger charge is -2.19. The largest absolute Gasteiger partial charge is 0.467 e. The van der Waals surface area contributed by atoms with Crippen molar-refractivity contribution in [3.8, 4) is 0 Å². The number of ether oxygens (including phenoxy) is 1. The number of ketones is 1. The first-order valence-corrected chi connectivity index (χ1v) is 3.93. The molecule has 1 aliphatic rings. The number of Topliss-reactive ketones (excluding diaryl/α,β-unsaturated/α-hetero) is 1. The van der Waals surface area contributed by atoms with Crippen LogP contribution in [0.25, 0.3) is 0 Å². The molecule has 0 saturated carbocycles. The first kappa shape index (κ1) is 9.70. The predicted molar refractivity (Wildman–Crippen MR) is 42.8 cm³/mol. The number of rotatable bonds is 1. The lowest BCUT2D eigenvalue weighted by atomic mass is 10.2. The van der Waals surface area contributed by atoms with Gasteiger partial charge in [0.25, 0.3) is 0 Å². The van der Waals surface area contributed by atoms with Gasteiger partial charge in [0.2, 0.25) is 5.91 Å². The molecule has 1 heterocycles. The van der Waals surface area contributed by atoms with Crippen LogP contribution in [0, 0.1) is 0 Å². The number of methoxy groups -OCH3 is 1. The van der Waals surface area contributed by atoms with E-state index in [4.69, 9.17) is 0 Å². The molecule has 1 aliphatic heterocycles. The van der Waals surface area contributed by atoms with Crippen molar-refractivity contribution in [1.29, 1.82) is 0 Å². The summed E-state index contributed by atoms with van der Waals surface area (Å²) in [7, 11) is 1.24. The molecule has 0 aromatic rings. The van der Waals surface area contributed by atoms with Gasteiger partial charge < -0.3 is 9.64 Å². The predicted octanol–water partition coefficient (Wildman–Crippen LogP) is -0.651. The molecule has 0 unspecified atom stereocenters.